The zero-order valence-corrected chi connectivity index (χ0v) is 46.6. The van der Waals surface area contributed by atoms with Crippen LogP contribution in [-0.4, -0.2) is 56.0 Å². The van der Waals surface area contributed by atoms with Crippen molar-refractivity contribution in [3.05, 3.63) is 243 Å². The van der Waals surface area contributed by atoms with Crippen LogP contribution in [0.1, 0.15) is 0 Å². The first-order chi connectivity index (χ1) is 39.2. The number of hydrogen-bond donors (Lipinski definition) is 0. The van der Waals surface area contributed by atoms with Crippen LogP contribution < -0.4 is 30.5 Å². The molecule has 12 heteroatoms. The molecule has 6 aromatic heterocycles. The van der Waals surface area contributed by atoms with Crippen LogP contribution in [-0.2, 0) is 0 Å². The molecule has 0 saturated heterocycles. The first-order valence-electron chi connectivity index (χ1n) is 26.9. The predicted molar refractivity (Wildman–Crippen MR) is 330 cm³/mol. The van der Waals surface area contributed by atoms with Crippen molar-refractivity contribution in [2.24, 2.45) is 0 Å². The molecule has 6 aromatic carbocycles. The monoisotopic (exact) mass is 1060 g/mol. The normalized spacial score (nSPS) is 13.7. The third-order valence-corrected chi connectivity index (χ3v) is 22.8. The summed E-state index contributed by atoms with van der Waals surface area (Å²) < 4.78 is 0. The van der Waals surface area contributed by atoms with Crippen LogP contribution in [0.5, 0.6) is 0 Å². The van der Waals surface area contributed by atoms with Crippen molar-refractivity contribution in [2.45, 2.75) is 26.2 Å². The summed E-state index contributed by atoms with van der Waals surface area (Å²) in [6.45, 7) is 9.83. The highest BCUT2D eigenvalue weighted by molar-refractivity contribution is 7.03. The van der Waals surface area contributed by atoms with Gasteiger partial charge in [0.1, 0.15) is 16.1 Å². The molecule has 0 spiro atoms. The summed E-state index contributed by atoms with van der Waals surface area (Å²) in [4.78, 5) is 45.1. The third kappa shape index (κ3) is 8.49. The smallest absolute Gasteiger partial charge is 0.160 e. The molecule has 0 aliphatic carbocycles. The minimum absolute atomic E-state index is 0.554. The van der Waals surface area contributed by atoms with Gasteiger partial charge in [-0.1, -0.05) is 111 Å². The molecule has 0 N–H and O–H groups in total. The molecule has 0 saturated carbocycles. The standard InChI is InChI=1S/C68H52N10Si2/c1-79(2)63-27-9-5-23-59(63)77(60-24-6-10-28-64(60)79)51-37-47(35-49(39-51)67-73-55(45-19-17-31-69-43-45)41-57(75-67)53-21-13-15-33-71-53)48-36-50(68-74-56(46-20-18-32-70-44-46)42-58(76-68)54-22-14-16-34-72-54)40-52(38-48)78-61-25-7-11-29-65(61)80(3,4)66-30-12-8-26-62(66)78/h5-44H,1-4H3. The Labute approximate surface area is 467 Å². The number of hydrogen-bond acceptors (Lipinski definition) is 10. The quantitative estimate of drug-likeness (QED) is 0.130. The van der Waals surface area contributed by atoms with Crippen molar-refractivity contribution in [2.75, 3.05) is 9.80 Å². The van der Waals surface area contributed by atoms with E-state index in [0.29, 0.717) is 23.0 Å². The van der Waals surface area contributed by atoms with Crippen molar-refractivity contribution in [3.63, 3.8) is 0 Å². The first kappa shape index (κ1) is 48.5. The zero-order valence-electron chi connectivity index (χ0n) is 44.6. The highest BCUT2D eigenvalue weighted by Gasteiger charge is 2.40. The van der Waals surface area contributed by atoms with E-state index in [0.717, 1.165) is 90.3 Å². The fourth-order valence-corrected chi connectivity index (χ4v) is 17.7. The Morgan fingerprint density at radius 2 is 0.637 bits per heavy atom. The van der Waals surface area contributed by atoms with Gasteiger partial charge in [0.25, 0.3) is 0 Å². The van der Waals surface area contributed by atoms with Crippen molar-refractivity contribution >= 4 is 71.0 Å². The maximum atomic E-state index is 5.40. The molecule has 2 aliphatic rings. The molecule has 12 aromatic rings. The summed E-state index contributed by atoms with van der Waals surface area (Å²) in [7, 11) is -4.31. The molecule has 14 rings (SSSR count). The highest BCUT2D eigenvalue weighted by Crippen LogP contribution is 2.45. The van der Waals surface area contributed by atoms with Crippen molar-refractivity contribution in [1.82, 2.24) is 39.9 Å². The van der Waals surface area contributed by atoms with Gasteiger partial charge < -0.3 is 9.80 Å². The number of rotatable bonds is 9. The summed E-state index contributed by atoms with van der Waals surface area (Å²) >= 11 is 0. The van der Waals surface area contributed by atoms with Gasteiger partial charge in [0.2, 0.25) is 0 Å². The molecule has 0 unspecified atom stereocenters. The van der Waals surface area contributed by atoms with Gasteiger partial charge in [-0.15, -0.1) is 0 Å². The van der Waals surface area contributed by atoms with E-state index in [1.54, 1.807) is 24.8 Å². The largest absolute Gasteiger partial charge is 0.311 e. The van der Waals surface area contributed by atoms with E-state index in [4.69, 9.17) is 29.9 Å². The summed E-state index contributed by atoms with van der Waals surface area (Å²) in [6.07, 6.45) is 10.9. The molecule has 0 fully saturated rings. The molecule has 0 amide bonds. The highest BCUT2D eigenvalue weighted by atomic mass is 28.3. The van der Waals surface area contributed by atoms with Crippen LogP contribution in [0.25, 0.3) is 79.2 Å². The maximum absolute atomic E-state index is 5.40. The van der Waals surface area contributed by atoms with Gasteiger partial charge in [-0.2, -0.15) is 0 Å². The fraction of sp³-hybridized carbons (Fsp3) is 0.0588. The zero-order chi connectivity index (χ0) is 54.0. The number of nitrogens with zero attached hydrogens (tertiary/aromatic N) is 10. The van der Waals surface area contributed by atoms with Gasteiger partial charge in [0.15, 0.2) is 11.6 Å². The Morgan fingerprint density at radius 1 is 0.287 bits per heavy atom. The van der Waals surface area contributed by atoms with Gasteiger partial charge in [-0.05, 0) is 153 Å². The second-order valence-corrected chi connectivity index (χ2v) is 30.0. The van der Waals surface area contributed by atoms with Crippen LogP contribution in [0.15, 0.2) is 243 Å². The van der Waals surface area contributed by atoms with Crippen LogP contribution >= 0.6 is 0 Å². The van der Waals surface area contributed by atoms with E-state index in [1.165, 1.54) is 20.7 Å². The van der Waals surface area contributed by atoms with Crippen molar-refractivity contribution in [3.8, 4) is 79.2 Å². The van der Waals surface area contributed by atoms with Crippen LogP contribution in [0.3, 0.4) is 0 Å². The van der Waals surface area contributed by atoms with E-state index < -0.39 is 16.1 Å². The fourth-order valence-electron chi connectivity index (χ4n) is 11.7. The van der Waals surface area contributed by atoms with Crippen molar-refractivity contribution in [1.29, 1.82) is 0 Å². The molecule has 2 aliphatic heterocycles. The Hall–Kier alpha value is -9.89. The minimum atomic E-state index is -2.15. The third-order valence-electron chi connectivity index (χ3n) is 15.7. The summed E-state index contributed by atoms with van der Waals surface area (Å²) in [5, 5.41) is 5.46. The van der Waals surface area contributed by atoms with Crippen LogP contribution in [0, 0.1) is 0 Å². The van der Waals surface area contributed by atoms with Crippen LogP contribution in [0.2, 0.25) is 26.2 Å². The summed E-state index contributed by atoms with van der Waals surface area (Å²) in [5.74, 6) is 1.11. The minimum Gasteiger partial charge on any atom is -0.311 e. The summed E-state index contributed by atoms with van der Waals surface area (Å²) in [5.41, 5.74) is 16.3. The SMILES string of the molecule is C[Si]1(C)c2ccccc2N(c2cc(-c3cc(-c4nc(-c5cccnc5)cc(-c5ccccn5)n4)cc(N4c5ccccc5[Si](C)(C)c5ccccc54)c3)cc(-c3nc(-c4cccnc4)cc(-c4ccccn4)n3)c2)c2ccccc21. The number of aromatic nitrogens is 8. The Morgan fingerprint density at radius 3 is 0.988 bits per heavy atom. The first-order valence-corrected chi connectivity index (χ1v) is 32.9. The summed E-state index contributed by atoms with van der Waals surface area (Å²) in [6, 6.07) is 73.1. The molecule has 8 heterocycles. The van der Waals surface area contributed by atoms with Gasteiger partial charge >= 0.3 is 0 Å². The number of para-hydroxylation sites is 4. The predicted octanol–water partition coefficient (Wildman–Crippen LogP) is 13.7. The number of pyridine rings is 4. The Kier molecular flexibility index (Phi) is 11.8. The van der Waals surface area contributed by atoms with Gasteiger partial charge in [0.05, 0.1) is 34.2 Å². The lowest BCUT2D eigenvalue weighted by Crippen LogP contribution is -2.58. The Balaban J connectivity index is 1.07. The van der Waals surface area contributed by atoms with Crippen LogP contribution in [0.4, 0.5) is 34.1 Å². The molecular weight excluding hydrogens is 1010 g/mol. The maximum Gasteiger partial charge on any atom is 0.160 e. The van der Waals surface area contributed by atoms with Gasteiger partial charge in [-0.25, -0.2) is 19.9 Å². The lowest BCUT2D eigenvalue weighted by atomic mass is 9.97. The number of fused-ring (bicyclic) bond motifs is 4. The van der Waals surface area contributed by atoms with E-state index >= 15 is 0 Å². The lowest BCUT2D eigenvalue weighted by Gasteiger charge is -2.41. The second-order valence-electron chi connectivity index (χ2n) is 21.4. The molecule has 80 heavy (non-hydrogen) atoms. The molecule has 0 radical (unpaired) electrons. The topological polar surface area (TPSA) is 110 Å². The van der Waals surface area contributed by atoms with E-state index in [9.17, 15) is 0 Å². The second kappa shape index (κ2) is 19.5. The molecule has 10 nitrogen and oxygen atoms in total. The molecule has 0 atom stereocenters. The molecule has 0 bridgehead atoms. The van der Waals surface area contributed by atoms with E-state index in [-0.39, 0.29) is 0 Å². The van der Waals surface area contributed by atoms with Crippen molar-refractivity contribution < 1.29 is 0 Å². The molecule has 382 valence electrons. The van der Waals surface area contributed by atoms with E-state index in [1.807, 2.05) is 85.2 Å². The van der Waals surface area contributed by atoms with Gasteiger partial charge in [0, 0.05) is 93.6 Å². The Bertz CT molecular complexity index is 3840. The average Bonchev–Trinajstić information content (AvgIpc) is 3.66. The van der Waals surface area contributed by atoms with Gasteiger partial charge in [-0.3, -0.25) is 19.9 Å². The van der Waals surface area contributed by atoms with E-state index in [2.05, 4.69) is 179 Å². The average molecular weight is 1070 g/mol. The number of anilines is 6. The molecular formula is C68H52N10Si2. The number of benzene rings is 6. The lowest BCUT2D eigenvalue weighted by molar-refractivity contribution is 1.15.